The molecule has 1 N–H and O–H groups in total. The van der Waals surface area contributed by atoms with E-state index >= 15 is 0 Å². The minimum atomic E-state index is -0.231. The molecular weight excluding hydrogens is 226 g/mol. The van der Waals surface area contributed by atoms with Crippen molar-refractivity contribution in [2.75, 3.05) is 13.7 Å². The van der Waals surface area contributed by atoms with E-state index in [1.165, 1.54) is 5.56 Å². The average Bonchev–Trinajstić information content (AvgIpc) is 2.73. The SMILES string of the molecule is Cc1cccn2cc(CN(C)C(C)(C)CO)nc12. The van der Waals surface area contributed by atoms with Crippen molar-refractivity contribution in [2.45, 2.75) is 32.9 Å². The minimum absolute atomic E-state index is 0.135. The van der Waals surface area contributed by atoms with E-state index < -0.39 is 0 Å². The van der Waals surface area contributed by atoms with Crippen LogP contribution < -0.4 is 0 Å². The molecule has 18 heavy (non-hydrogen) atoms. The number of hydrogen-bond donors (Lipinski definition) is 1. The molecule has 0 amide bonds. The van der Waals surface area contributed by atoms with Crippen LogP contribution in [-0.2, 0) is 6.54 Å². The Bertz CT molecular complexity index is 545. The predicted octanol–water partition coefficient (Wildman–Crippen LogP) is 1.85. The zero-order chi connectivity index (χ0) is 13.3. The van der Waals surface area contributed by atoms with Gasteiger partial charge in [0, 0.05) is 24.5 Å². The molecule has 0 bridgehead atoms. The number of imidazole rings is 1. The maximum atomic E-state index is 9.36. The Labute approximate surface area is 108 Å². The highest BCUT2D eigenvalue weighted by molar-refractivity contribution is 5.47. The summed E-state index contributed by atoms with van der Waals surface area (Å²) in [5, 5.41) is 9.36. The molecule has 0 atom stereocenters. The van der Waals surface area contributed by atoms with Crippen molar-refractivity contribution in [1.29, 1.82) is 0 Å². The Kier molecular flexibility index (Phi) is 3.41. The van der Waals surface area contributed by atoms with Crippen molar-refractivity contribution in [1.82, 2.24) is 14.3 Å². The second kappa shape index (κ2) is 4.71. The Morgan fingerprint density at radius 3 is 2.78 bits per heavy atom. The second-order valence-electron chi connectivity index (χ2n) is 5.48. The molecule has 0 spiro atoms. The maximum Gasteiger partial charge on any atom is 0.139 e. The van der Waals surface area contributed by atoms with Crippen molar-refractivity contribution < 1.29 is 5.11 Å². The molecule has 0 aromatic carbocycles. The molecule has 2 aromatic heterocycles. The van der Waals surface area contributed by atoms with E-state index in [4.69, 9.17) is 0 Å². The van der Waals surface area contributed by atoms with Crippen LogP contribution in [0.1, 0.15) is 25.1 Å². The summed E-state index contributed by atoms with van der Waals surface area (Å²) in [6, 6.07) is 4.09. The quantitative estimate of drug-likeness (QED) is 0.896. The standard InChI is InChI=1S/C14H21N3O/c1-11-6-5-7-17-9-12(15-13(11)17)8-16(4)14(2,3)10-18/h5-7,9,18H,8,10H2,1-4H3. The van der Waals surface area contributed by atoms with Gasteiger partial charge in [0.2, 0.25) is 0 Å². The number of aromatic nitrogens is 2. The van der Waals surface area contributed by atoms with Gasteiger partial charge in [-0.3, -0.25) is 4.90 Å². The molecule has 98 valence electrons. The van der Waals surface area contributed by atoms with Crippen LogP contribution in [0.4, 0.5) is 0 Å². The van der Waals surface area contributed by atoms with Crippen LogP contribution in [0.3, 0.4) is 0 Å². The molecule has 0 fully saturated rings. The van der Waals surface area contributed by atoms with Crippen molar-refractivity contribution in [3.63, 3.8) is 0 Å². The lowest BCUT2D eigenvalue weighted by Gasteiger charge is -2.33. The Balaban J connectivity index is 2.25. The summed E-state index contributed by atoms with van der Waals surface area (Å²) in [6.07, 6.45) is 4.06. The monoisotopic (exact) mass is 247 g/mol. The Morgan fingerprint density at radius 2 is 2.17 bits per heavy atom. The van der Waals surface area contributed by atoms with Gasteiger partial charge in [0.15, 0.2) is 0 Å². The average molecular weight is 247 g/mol. The summed E-state index contributed by atoms with van der Waals surface area (Å²) in [6.45, 7) is 6.97. The van der Waals surface area contributed by atoms with E-state index in [2.05, 4.69) is 22.9 Å². The van der Waals surface area contributed by atoms with Crippen LogP contribution in [0, 0.1) is 6.92 Å². The van der Waals surface area contributed by atoms with E-state index in [9.17, 15) is 5.11 Å². The van der Waals surface area contributed by atoms with Gasteiger partial charge in [-0.1, -0.05) is 6.07 Å². The minimum Gasteiger partial charge on any atom is -0.394 e. The highest BCUT2D eigenvalue weighted by Gasteiger charge is 2.23. The topological polar surface area (TPSA) is 40.8 Å². The molecule has 4 heteroatoms. The van der Waals surface area contributed by atoms with E-state index in [-0.39, 0.29) is 12.1 Å². The van der Waals surface area contributed by atoms with Crippen LogP contribution in [0.25, 0.3) is 5.65 Å². The van der Waals surface area contributed by atoms with Crippen LogP contribution in [0.5, 0.6) is 0 Å². The normalized spacial score (nSPS) is 12.6. The first-order valence-corrected chi connectivity index (χ1v) is 6.19. The third-order valence-corrected chi connectivity index (χ3v) is 3.55. The highest BCUT2D eigenvalue weighted by atomic mass is 16.3. The molecule has 0 unspecified atom stereocenters. The van der Waals surface area contributed by atoms with Crippen molar-refractivity contribution in [3.05, 3.63) is 35.8 Å². The van der Waals surface area contributed by atoms with Gasteiger partial charge >= 0.3 is 0 Å². The fourth-order valence-corrected chi connectivity index (χ4v) is 1.86. The lowest BCUT2D eigenvalue weighted by atomic mass is 10.1. The van der Waals surface area contributed by atoms with E-state index in [0.717, 1.165) is 17.9 Å². The molecule has 0 aliphatic rings. The van der Waals surface area contributed by atoms with Crippen LogP contribution in [0.15, 0.2) is 24.5 Å². The van der Waals surface area contributed by atoms with E-state index in [1.807, 2.05) is 43.8 Å². The number of aliphatic hydroxyl groups excluding tert-OH is 1. The van der Waals surface area contributed by atoms with Crippen LogP contribution in [0.2, 0.25) is 0 Å². The van der Waals surface area contributed by atoms with E-state index in [0.29, 0.717) is 0 Å². The number of likely N-dealkylation sites (N-methyl/N-ethyl adjacent to an activating group) is 1. The molecule has 0 saturated carbocycles. The van der Waals surface area contributed by atoms with Gasteiger partial charge in [0.05, 0.1) is 12.3 Å². The Morgan fingerprint density at radius 1 is 1.44 bits per heavy atom. The largest absolute Gasteiger partial charge is 0.394 e. The number of pyridine rings is 1. The number of aliphatic hydroxyl groups is 1. The molecule has 2 aromatic rings. The fourth-order valence-electron chi connectivity index (χ4n) is 1.86. The second-order valence-corrected chi connectivity index (χ2v) is 5.48. The van der Waals surface area contributed by atoms with Crippen molar-refractivity contribution >= 4 is 5.65 Å². The Hall–Kier alpha value is -1.39. The van der Waals surface area contributed by atoms with E-state index in [1.54, 1.807) is 0 Å². The summed E-state index contributed by atoms with van der Waals surface area (Å²) in [7, 11) is 2.01. The molecule has 0 radical (unpaired) electrons. The predicted molar refractivity (Wildman–Crippen MR) is 72.6 cm³/mol. The van der Waals surface area contributed by atoms with Gasteiger partial charge in [-0.2, -0.15) is 0 Å². The van der Waals surface area contributed by atoms with Gasteiger partial charge < -0.3 is 9.51 Å². The summed E-state index contributed by atoms with van der Waals surface area (Å²) in [5.74, 6) is 0. The zero-order valence-corrected chi connectivity index (χ0v) is 11.5. The lowest BCUT2D eigenvalue weighted by molar-refractivity contribution is 0.0726. The number of nitrogens with zero attached hydrogens (tertiary/aromatic N) is 3. The highest BCUT2D eigenvalue weighted by Crippen LogP contribution is 2.16. The lowest BCUT2D eigenvalue weighted by Crippen LogP contribution is -2.43. The molecule has 0 saturated heterocycles. The molecule has 4 nitrogen and oxygen atoms in total. The van der Waals surface area contributed by atoms with Crippen molar-refractivity contribution in [3.8, 4) is 0 Å². The smallest absolute Gasteiger partial charge is 0.139 e. The number of fused-ring (bicyclic) bond motifs is 1. The maximum absolute atomic E-state index is 9.36. The van der Waals surface area contributed by atoms with Gasteiger partial charge in [0.1, 0.15) is 5.65 Å². The van der Waals surface area contributed by atoms with Crippen LogP contribution in [-0.4, -0.2) is 38.6 Å². The number of rotatable bonds is 4. The zero-order valence-electron chi connectivity index (χ0n) is 11.5. The van der Waals surface area contributed by atoms with Gasteiger partial charge in [0.25, 0.3) is 0 Å². The van der Waals surface area contributed by atoms with Gasteiger partial charge in [-0.15, -0.1) is 0 Å². The fraction of sp³-hybridized carbons (Fsp3) is 0.500. The number of hydrogen-bond acceptors (Lipinski definition) is 3. The van der Waals surface area contributed by atoms with Crippen LogP contribution >= 0.6 is 0 Å². The molecule has 2 rings (SSSR count). The third-order valence-electron chi connectivity index (χ3n) is 3.55. The molecule has 0 aliphatic carbocycles. The summed E-state index contributed by atoms with van der Waals surface area (Å²) < 4.78 is 2.05. The first-order chi connectivity index (χ1) is 8.44. The van der Waals surface area contributed by atoms with Gasteiger partial charge in [-0.25, -0.2) is 4.98 Å². The number of aryl methyl sites for hydroxylation is 1. The van der Waals surface area contributed by atoms with Crippen molar-refractivity contribution in [2.24, 2.45) is 0 Å². The molecular formula is C14H21N3O. The summed E-state index contributed by atoms with van der Waals surface area (Å²) in [4.78, 5) is 6.75. The molecule has 2 heterocycles. The summed E-state index contributed by atoms with van der Waals surface area (Å²) >= 11 is 0. The summed E-state index contributed by atoms with van der Waals surface area (Å²) in [5.41, 5.74) is 2.97. The molecule has 0 aliphatic heterocycles. The first kappa shape index (κ1) is 13.1. The van der Waals surface area contributed by atoms with Gasteiger partial charge in [-0.05, 0) is 39.4 Å². The third kappa shape index (κ3) is 2.40. The first-order valence-electron chi connectivity index (χ1n) is 6.19.